The van der Waals surface area contributed by atoms with Gasteiger partial charge in [-0.05, 0) is 62.8 Å². The lowest BCUT2D eigenvalue weighted by molar-refractivity contribution is 0.252. The Kier molecular flexibility index (Phi) is 4.02. The number of rotatable bonds is 3. The molecule has 2 heterocycles. The van der Waals surface area contributed by atoms with Crippen molar-refractivity contribution >= 4 is 5.69 Å². The maximum absolute atomic E-state index is 3.51. The van der Waals surface area contributed by atoms with Crippen LogP contribution in [0.3, 0.4) is 0 Å². The first-order chi connectivity index (χ1) is 9.69. The van der Waals surface area contributed by atoms with Crippen LogP contribution in [-0.4, -0.2) is 25.2 Å². The molecule has 1 aromatic rings. The Bertz CT molecular complexity index is 440. The number of anilines is 1. The summed E-state index contributed by atoms with van der Waals surface area (Å²) in [5.74, 6) is 0.615. The highest BCUT2D eigenvalue weighted by molar-refractivity contribution is 5.52. The van der Waals surface area contributed by atoms with Crippen molar-refractivity contribution in [2.45, 2.75) is 70.0 Å². The normalized spacial score (nSPS) is 29.8. The second-order valence-corrected chi connectivity index (χ2v) is 6.85. The standard InChI is InChI=1S/C18H28N2/c1-13(2)14-6-4-7-16(10-14)20-17-8-5-9-18(20)12-15(11-17)19-3/h4,6-7,10,13,15,17-19H,5,8-9,11-12H2,1-3H3. The summed E-state index contributed by atoms with van der Waals surface area (Å²) in [6, 6.07) is 11.4. The number of nitrogens with zero attached hydrogens (tertiary/aromatic N) is 1. The third-order valence-corrected chi connectivity index (χ3v) is 5.22. The van der Waals surface area contributed by atoms with Gasteiger partial charge in [0, 0.05) is 23.8 Å². The van der Waals surface area contributed by atoms with Crippen LogP contribution in [0.1, 0.15) is 57.4 Å². The molecule has 110 valence electrons. The molecule has 0 aliphatic carbocycles. The highest BCUT2D eigenvalue weighted by Gasteiger charge is 2.37. The van der Waals surface area contributed by atoms with Crippen LogP contribution in [0.5, 0.6) is 0 Å². The van der Waals surface area contributed by atoms with Gasteiger partial charge in [0.05, 0.1) is 0 Å². The van der Waals surface area contributed by atoms with E-state index in [0.29, 0.717) is 5.92 Å². The fraction of sp³-hybridized carbons (Fsp3) is 0.667. The first-order valence-electron chi connectivity index (χ1n) is 8.24. The van der Waals surface area contributed by atoms with Gasteiger partial charge in [-0.2, -0.15) is 0 Å². The van der Waals surface area contributed by atoms with E-state index in [1.807, 2.05) is 0 Å². The monoisotopic (exact) mass is 272 g/mol. The van der Waals surface area contributed by atoms with Gasteiger partial charge in [0.2, 0.25) is 0 Å². The molecule has 2 heteroatoms. The van der Waals surface area contributed by atoms with Gasteiger partial charge in [0.25, 0.3) is 0 Å². The van der Waals surface area contributed by atoms with Crippen molar-refractivity contribution < 1.29 is 0 Å². The van der Waals surface area contributed by atoms with Gasteiger partial charge in [-0.1, -0.05) is 26.0 Å². The summed E-state index contributed by atoms with van der Waals surface area (Å²) in [6.45, 7) is 4.57. The minimum absolute atomic E-state index is 0.615. The zero-order valence-corrected chi connectivity index (χ0v) is 13.1. The van der Waals surface area contributed by atoms with Gasteiger partial charge in [-0.15, -0.1) is 0 Å². The Hall–Kier alpha value is -1.02. The van der Waals surface area contributed by atoms with Gasteiger partial charge < -0.3 is 10.2 Å². The molecule has 3 rings (SSSR count). The van der Waals surface area contributed by atoms with Crippen molar-refractivity contribution in [3.05, 3.63) is 29.8 Å². The third-order valence-electron chi connectivity index (χ3n) is 5.22. The topological polar surface area (TPSA) is 15.3 Å². The summed E-state index contributed by atoms with van der Waals surface area (Å²) in [7, 11) is 2.12. The lowest BCUT2D eigenvalue weighted by Crippen LogP contribution is -2.56. The molecule has 20 heavy (non-hydrogen) atoms. The molecule has 2 unspecified atom stereocenters. The van der Waals surface area contributed by atoms with Crippen LogP contribution in [0.25, 0.3) is 0 Å². The van der Waals surface area contributed by atoms with Crippen molar-refractivity contribution in [1.82, 2.24) is 5.32 Å². The number of nitrogens with one attached hydrogen (secondary N) is 1. The zero-order chi connectivity index (χ0) is 14.1. The van der Waals surface area contributed by atoms with Crippen LogP contribution in [-0.2, 0) is 0 Å². The maximum atomic E-state index is 3.51. The van der Waals surface area contributed by atoms with E-state index in [1.165, 1.54) is 43.4 Å². The van der Waals surface area contributed by atoms with Crippen LogP contribution in [0.4, 0.5) is 5.69 Å². The molecule has 2 atom stereocenters. The summed E-state index contributed by atoms with van der Waals surface area (Å²) in [5.41, 5.74) is 2.93. The molecule has 2 aliphatic rings. The van der Waals surface area contributed by atoms with Gasteiger partial charge in [0.1, 0.15) is 0 Å². The van der Waals surface area contributed by atoms with E-state index in [9.17, 15) is 0 Å². The van der Waals surface area contributed by atoms with E-state index in [2.05, 4.69) is 55.4 Å². The van der Waals surface area contributed by atoms with Crippen molar-refractivity contribution in [2.75, 3.05) is 11.9 Å². The summed E-state index contributed by atoms with van der Waals surface area (Å²) in [5, 5.41) is 3.51. The van der Waals surface area contributed by atoms with Gasteiger partial charge >= 0.3 is 0 Å². The second-order valence-electron chi connectivity index (χ2n) is 6.85. The van der Waals surface area contributed by atoms with E-state index in [1.54, 1.807) is 0 Å². The second kappa shape index (κ2) is 5.77. The van der Waals surface area contributed by atoms with E-state index in [0.717, 1.165) is 18.1 Å². The minimum atomic E-state index is 0.615. The van der Waals surface area contributed by atoms with Crippen LogP contribution in [0.2, 0.25) is 0 Å². The van der Waals surface area contributed by atoms with E-state index < -0.39 is 0 Å². The summed E-state index contributed by atoms with van der Waals surface area (Å²) >= 11 is 0. The van der Waals surface area contributed by atoms with Gasteiger partial charge in [0.15, 0.2) is 0 Å². The van der Waals surface area contributed by atoms with E-state index in [-0.39, 0.29) is 0 Å². The zero-order valence-electron chi connectivity index (χ0n) is 13.1. The quantitative estimate of drug-likeness (QED) is 0.897. The molecule has 2 bridgehead atoms. The Morgan fingerprint density at radius 1 is 1.15 bits per heavy atom. The Labute approximate surface area is 123 Å². The Morgan fingerprint density at radius 2 is 1.85 bits per heavy atom. The summed E-state index contributed by atoms with van der Waals surface area (Å²) in [6.07, 6.45) is 6.74. The van der Waals surface area contributed by atoms with E-state index in [4.69, 9.17) is 0 Å². The average molecular weight is 272 g/mol. The fourth-order valence-electron chi connectivity index (χ4n) is 4.08. The van der Waals surface area contributed by atoms with Crippen LogP contribution in [0.15, 0.2) is 24.3 Å². The average Bonchev–Trinajstić information content (AvgIpc) is 2.46. The fourth-order valence-corrected chi connectivity index (χ4v) is 4.08. The highest BCUT2D eigenvalue weighted by Crippen LogP contribution is 2.38. The molecule has 0 aromatic heterocycles. The molecular weight excluding hydrogens is 244 g/mol. The van der Waals surface area contributed by atoms with Gasteiger partial charge in [-0.25, -0.2) is 0 Å². The molecule has 0 amide bonds. The van der Waals surface area contributed by atoms with Gasteiger partial charge in [-0.3, -0.25) is 0 Å². The largest absolute Gasteiger partial charge is 0.365 e. The Balaban J connectivity index is 1.87. The number of hydrogen-bond donors (Lipinski definition) is 1. The number of benzene rings is 1. The SMILES string of the molecule is CNC1CC2CCCC(C1)N2c1cccc(C(C)C)c1. The number of piperidine rings is 2. The smallest absolute Gasteiger partial charge is 0.0374 e. The summed E-state index contributed by atoms with van der Waals surface area (Å²) < 4.78 is 0. The molecule has 1 N–H and O–H groups in total. The van der Waals surface area contributed by atoms with Crippen molar-refractivity contribution in [3.8, 4) is 0 Å². The maximum Gasteiger partial charge on any atom is 0.0374 e. The number of fused-ring (bicyclic) bond motifs is 2. The molecule has 2 nitrogen and oxygen atoms in total. The minimum Gasteiger partial charge on any atom is -0.365 e. The molecular formula is C18H28N2. The molecule has 2 fully saturated rings. The lowest BCUT2D eigenvalue weighted by Gasteiger charge is -2.50. The lowest BCUT2D eigenvalue weighted by atomic mass is 9.81. The van der Waals surface area contributed by atoms with Crippen molar-refractivity contribution in [1.29, 1.82) is 0 Å². The number of hydrogen-bond acceptors (Lipinski definition) is 2. The predicted molar refractivity (Wildman–Crippen MR) is 86.5 cm³/mol. The first kappa shape index (κ1) is 13.9. The van der Waals surface area contributed by atoms with E-state index >= 15 is 0 Å². The molecule has 0 radical (unpaired) electrons. The van der Waals surface area contributed by atoms with Crippen LogP contribution in [0, 0.1) is 0 Å². The van der Waals surface area contributed by atoms with Crippen molar-refractivity contribution in [3.63, 3.8) is 0 Å². The first-order valence-corrected chi connectivity index (χ1v) is 8.24. The molecule has 1 aromatic carbocycles. The molecule has 0 saturated carbocycles. The Morgan fingerprint density at radius 3 is 2.45 bits per heavy atom. The third kappa shape index (κ3) is 2.58. The van der Waals surface area contributed by atoms with Crippen LogP contribution >= 0.6 is 0 Å². The molecule has 2 saturated heterocycles. The molecule has 0 spiro atoms. The molecule has 2 aliphatic heterocycles. The van der Waals surface area contributed by atoms with Crippen molar-refractivity contribution in [2.24, 2.45) is 0 Å². The highest BCUT2D eigenvalue weighted by atomic mass is 15.2. The predicted octanol–water partition coefficient (Wildman–Crippen LogP) is 3.92. The summed E-state index contributed by atoms with van der Waals surface area (Å²) in [4.78, 5) is 2.74. The van der Waals surface area contributed by atoms with Crippen LogP contribution < -0.4 is 10.2 Å².